The summed E-state index contributed by atoms with van der Waals surface area (Å²) in [4.78, 5) is 13.5. The first-order valence-electron chi connectivity index (χ1n) is 6.86. The molecule has 114 valence electrons. The zero-order valence-corrected chi connectivity index (χ0v) is 13.1. The van der Waals surface area contributed by atoms with Crippen LogP contribution in [-0.2, 0) is 21.2 Å². The van der Waals surface area contributed by atoms with Gasteiger partial charge in [-0.15, -0.1) is 0 Å². The van der Waals surface area contributed by atoms with E-state index in [1.165, 1.54) is 0 Å². The van der Waals surface area contributed by atoms with Crippen LogP contribution >= 0.6 is 0 Å². The summed E-state index contributed by atoms with van der Waals surface area (Å²) < 4.78 is 27.3. The van der Waals surface area contributed by atoms with Gasteiger partial charge in [-0.1, -0.05) is 17.7 Å². The fraction of sp³-hybridized carbons (Fsp3) is 0.188. The van der Waals surface area contributed by atoms with Crippen LogP contribution < -0.4 is 9.62 Å². The van der Waals surface area contributed by atoms with Crippen molar-refractivity contribution < 1.29 is 13.2 Å². The third kappa shape index (κ3) is 2.57. The van der Waals surface area contributed by atoms with E-state index in [0.717, 1.165) is 16.8 Å². The number of fused-ring (bicyclic) bond motifs is 1. The molecular weight excluding hydrogens is 300 g/mol. The number of hydrogen-bond donors (Lipinski definition) is 1. The summed E-state index contributed by atoms with van der Waals surface area (Å²) in [5.41, 5.74) is 3.11. The van der Waals surface area contributed by atoms with Crippen LogP contribution in [0.3, 0.4) is 0 Å². The van der Waals surface area contributed by atoms with Crippen molar-refractivity contribution in [3.05, 3.63) is 53.6 Å². The highest BCUT2D eigenvalue weighted by atomic mass is 32.2. The van der Waals surface area contributed by atoms with Gasteiger partial charge in [-0.05, 0) is 42.8 Å². The van der Waals surface area contributed by atoms with Gasteiger partial charge in [0, 0.05) is 18.4 Å². The first kappa shape index (κ1) is 14.6. The van der Waals surface area contributed by atoms with Gasteiger partial charge in [0.25, 0.3) is 10.0 Å². The van der Waals surface area contributed by atoms with E-state index >= 15 is 0 Å². The molecule has 0 atom stereocenters. The van der Waals surface area contributed by atoms with E-state index in [-0.39, 0.29) is 10.8 Å². The second-order valence-electron chi connectivity index (χ2n) is 5.39. The van der Waals surface area contributed by atoms with E-state index in [4.69, 9.17) is 0 Å². The number of nitrogens with zero attached hydrogens (tertiary/aromatic N) is 1. The predicted molar refractivity (Wildman–Crippen MR) is 85.5 cm³/mol. The van der Waals surface area contributed by atoms with Gasteiger partial charge >= 0.3 is 0 Å². The van der Waals surface area contributed by atoms with Gasteiger partial charge in [-0.25, -0.2) is 8.42 Å². The lowest BCUT2D eigenvalue weighted by molar-refractivity contribution is -0.117. The van der Waals surface area contributed by atoms with Crippen molar-refractivity contribution in [2.75, 3.05) is 16.7 Å². The molecule has 0 spiro atoms. The molecule has 1 aliphatic rings. The largest absolute Gasteiger partial charge is 0.315 e. The smallest absolute Gasteiger partial charge is 0.261 e. The topological polar surface area (TPSA) is 66.5 Å². The van der Waals surface area contributed by atoms with Crippen LogP contribution in [-0.4, -0.2) is 21.4 Å². The number of amides is 1. The van der Waals surface area contributed by atoms with Crippen LogP contribution in [0.15, 0.2) is 47.4 Å². The number of sulfonamides is 1. The summed E-state index contributed by atoms with van der Waals surface area (Å²) in [6.07, 6.45) is 0.298. The van der Waals surface area contributed by atoms with E-state index in [9.17, 15) is 13.2 Å². The zero-order valence-electron chi connectivity index (χ0n) is 12.3. The summed E-state index contributed by atoms with van der Waals surface area (Å²) in [5.74, 6) is 0.00791. The summed E-state index contributed by atoms with van der Waals surface area (Å²) in [6.45, 7) is 1.90. The Morgan fingerprint density at radius 3 is 2.45 bits per heavy atom. The number of carbonyl (C=O) groups excluding carboxylic acids is 1. The number of benzene rings is 2. The second kappa shape index (κ2) is 5.14. The zero-order chi connectivity index (χ0) is 15.9. The van der Waals surface area contributed by atoms with Crippen molar-refractivity contribution in [2.45, 2.75) is 18.2 Å². The third-order valence-electron chi connectivity index (χ3n) is 3.74. The van der Waals surface area contributed by atoms with Crippen LogP contribution in [0, 0.1) is 6.92 Å². The molecule has 2 aromatic rings. The maximum absolute atomic E-state index is 12.4. The Bertz CT molecular complexity index is 842. The van der Waals surface area contributed by atoms with Gasteiger partial charge in [0.2, 0.25) is 5.91 Å². The molecular formula is C16H16N2O3S. The molecule has 1 N–H and O–H groups in total. The summed E-state index contributed by atoms with van der Waals surface area (Å²) >= 11 is 0. The Morgan fingerprint density at radius 2 is 1.77 bits per heavy atom. The number of anilines is 2. The second-order valence-corrected chi connectivity index (χ2v) is 7.07. The summed E-state index contributed by atoms with van der Waals surface area (Å²) in [5, 5.41) is 0. The molecule has 1 aliphatic heterocycles. The Labute approximate surface area is 129 Å². The average molecular weight is 316 g/mol. The Kier molecular flexibility index (Phi) is 3.41. The van der Waals surface area contributed by atoms with Crippen molar-refractivity contribution in [1.29, 1.82) is 0 Å². The first-order valence-corrected chi connectivity index (χ1v) is 8.34. The highest BCUT2D eigenvalue weighted by Crippen LogP contribution is 2.30. The molecule has 3 rings (SSSR count). The fourth-order valence-electron chi connectivity index (χ4n) is 2.47. The van der Waals surface area contributed by atoms with Gasteiger partial charge in [0.15, 0.2) is 0 Å². The highest BCUT2D eigenvalue weighted by molar-refractivity contribution is 7.92. The molecule has 0 saturated heterocycles. The van der Waals surface area contributed by atoms with Gasteiger partial charge in [0.05, 0.1) is 11.3 Å². The van der Waals surface area contributed by atoms with E-state index in [1.54, 1.807) is 54.4 Å². The molecule has 6 heteroatoms. The minimum absolute atomic E-state index is 0.00791. The van der Waals surface area contributed by atoms with Crippen molar-refractivity contribution >= 4 is 27.3 Å². The lowest BCUT2D eigenvalue weighted by atomic mass is 10.1. The van der Waals surface area contributed by atoms with Crippen molar-refractivity contribution in [3.8, 4) is 0 Å². The quantitative estimate of drug-likeness (QED) is 0.945. The molecule has 0 unspecified atom stereocenters. The van der Waals surface area contributed by atoms with Gasteiger partial charge < -0.3 is 4.90 Å². The van der Waals surface area contributed by atoms with Crippen molar-refractivity contribution in [3.63, 3.8) is 0 Å². The molecule has 0 radical (unpaired) electrons. The minimum Gasteiger partial charge on any atom is -0.315 e. The highest BCUT2D eigenvalue weighted by Gasteiger charge is 2.24. The number of carbonyl (C=O) groups is 1. The van der Waals surface area contributed by atoms with E-state index < -0.39 is 10.0 Å². The molecule has 0 bridgehead atoms. The van der Waals surface area contributed by atoms with E-state index in [2.05, 4.69) is 4.72 Å². The molecule has 5 nitrogen and oxygen atoms in total. The summed E-state index contributed by atoms with van der Waals surface area (Å²) in [7, 11) is -1.91. The molecule has 1 amide bonds. The maximum Gasteiger partial charge on any atom is 0.261 e. The van der Waals surface area contributed by atoms with Crippen LogP contribution in [0.1, 0.15) is 11.1 Å². The van der Waals surface area contributed by atoms with Crippen LogP contribution in [0.4, 0.5) is 11.4 Å². The SMILES string of the molecule is Cc1ccc(S(=O)(=O)Nc2ccc3c(c2)CC(=O)N3C)cc1. The Balaban J connectivity index is 1.89. The third-order valence-corrected chi connectivity index (χ3v) is 5.14. The molecule has 0 fully saturated rings. The molecule has 2 aromatic carbocycles. The minimum atomic E-state index is -3.62. The monoisotopic (exact) mass is 316 g/mol. The predicted octanol–water partition coefficient (Wildman–Crippen LogP) is 2.31. The Hall–Kier alpha value is -2.34. The fourth-order valence-corrected chi connectivity index (χ4v) is 3.51. The molecule has 22 heavy (non-hydrogen) atoms. The van der Waals surface area contributed by atoms with Gasteiger partial charge in [-0.3, -0.25) is 9.52 Å². The summed E-state index contributed by atoms with van der Waals surface area (Å²) in [6, 6.07) is 11.8. The lowest BCUT2D eigenvalue weighted by Crippen LogP contribution is -2.20. The van der Waals surface area contributed by atoms with Crippen LogP contribution in [0.2, 0.25) is 0 Å². The van der Waals surface area contributed by atoms with Crippen molar-refractivity contribution in [2.24, 2.45) is 0 Å². The van der Waals surface area contributed by atoms with Gasteiger partial charge in [0.1, 0.15) is 0 Å². The average Bonchev–Trinajstić information content (AvgIpc) is 2.73. The standard InChI is InChI=1S/C16H16N2O3S/c1-11-3-6-14(7-4-11)22(20,21)17-13-5-8-15-12(9-13)10-16(19)18(15)2/h3-9,17H,10H2,1-2H3. The lowest BCUT2D eigenvalue weighted by Gasteiger charge is -2.12. The molecule has 0 aromatic heterocycles. The Morgan fingerprint density at radius 1 is 1.09 bits per heavy atom. The number of hydrogen-bond acceptors (Lipinski definition) is 3. The molecule has 1 heterocycles. The molecule has 0 saturated carbocycles. The number of nitrogens with one attached hydrogen (secondary N) is 1. The number of likely N-dealkylation sites (N-methyl/N-ethyl adjacent to an activating group) is 1. The van der Waals surface area contributed by atoms with Crippen molar-refractivity contribution in [1.82, 2.24) is 0 Å². The maximum atomic E-state index is 12.4. The van der Waals surface area contributed by atoms with Crippen LogP contribution in [0.25, 0.3) is 0 Å². The van der Waals surface area contributed by atoms with E-state index in [1.807, 2.05) is 6.92 Å². The van der Waals surface area contributed by atoms with E-state index in [0.29, 0.717) is 12.1 Å². The normalized spacial score (nSPS) is 14.1. The number of rotatable bonds is 3. The first-order chi connectivity index (χ1) is 10.4. The number of aryl methyl sites for hydroxylation is 1. The van der Waals surface area contributed by atoms with Gasteiger partial charge in [-0.2, -0.15) is 0 Å². The molecule has 0 aliphatic carbocycles. The van der Waals surface area contributed by atoms with Crippen LogP contribution in [0.5, 0.6) is 0 Å².